The average molecular weight is 261 g/mol. The van der Waals surface area contributed by atoms with E-state index in [9.17, 15) is 9.90 Å². The number of aromatic nitrogens is 2. The Morgan fingerprint density at radius 3 is 2.68 bits per heavy atom. The number of carbonyl (C=O) groups excluding carboxylic acids is 1. The van der Waals surface area contributed by atoms with Gasteiger partial charge in [0.15, 0.2) is 0 Å². The zero-order valence-corrected chi connectivity index (χ0v) is 11.5. The standard InChI is InChI=1S/C14H19N3O2/c1-14(2,3)16-13(19)8-17-11-7-5-4-6-10(11)15-12(17)9-18/h4-7,18H,8-9H2,1-3H3,(H,16,19). The SMILES string of the molecule is CC(C)(C)NC(=O)Cn1c(CO)nc2ccccc21. The second-order valence-corrected chi connectivity index (χ2v) is 5.56. The summed E-state index contributed by atoms with van der Waals surface area (Å²) in [6, 6.07) is 7.54. The highest BCUT2D eigenvalue weighted by Crippen LogP contribution is 2.16. The topological polar surface area (TPSA) is 67.2 Å². The van der Waals surface area contributed by atoms with Crippen molar-refractivity contribution in [3.8, 4) is 0 Å². The summed E-state index contributed by atoms with van der Waals surface area (Å²) in [4.78, 5) is 16.3. The van der Waals surface area contributed by atoms with E-state index in [2.05, 4.69) is 10.3 Å². The minimum absolute atomic E-state index is 0.0923. The van der Waals surface area contributed by atoms with E-state index in [4.69, 9.17) is 0 Å². The largest absolute Gasteiger partial charge is 0.388 e. The number of carbonyl (C=O) groups is 1. The van der Waals surface area contributed by atoms with Crippen LogP contribution in [0.3, 0.4) is 0 Å². The van der Waals surface area contributed by atoms with Crippen LogP contribution in [0.2, 0.25) is 0 Å². The first-order valence-electron chi connectivity index (χ1n) is 6.27. The molecule has 0 spiro atoms. The Balaban J connectivity index is 2.31. The van der Waals surface area contributed by atoms with Gasteiger partial charge >= 0.3 is 0 Å². The van der Waals surface area contributed by atoms with Gasteiger partial charge in [-0.2, -0.15) is 0 Å². The third kappa shape index (κ3) is 3.12. The fraction of sp³-hybridized carbons (Fsp3) is 0.429. The van der Waals surface area contributed by atoms with Crippen molar-refractivity contribution >= 4 is 16.9 Å². The quantitative estimate of drug-likeness (QED) is 0.878. The maximum Gasteiger partial charge on any atom is 0.240 e. The van der Waals surface area contributed by atoms with Gasteiger partial charge in [0.05, 0.1) is 11.0 Å². The molecule has 19 heavy (non-hydrogen) atoms. The number of aliphatic hydroxyl groups excluding tert-OH is 1. The number of para-hydroxylation sites is 2. The number of hydrogen-bond acceptors (Lipinski definition) is 3. The van der Waals surface area contributed by atoms with Crippen molar-refractivity contribution in [1.82, 2.24) is 14.9 Å². The molecule has 2 aromatic rings. The second-order valence-electron chi connectivity index (χ2n) is 5.56. The van der Waals surface area contributed by atoms with Crippen molar-refractivity contribution in [2.45, 2.75) is 39.5 Å². The summed E-state index contributed by atoms with van der Waals surface area (Å²) in [5.41, 5.74) is 1.37. The zero-order valence-electron chi connectivity index (χ0n) is 11.5. The molecule has 0 saturated heterocycles. The smallest absolute Gasteiger partial charge is 0.240 e. The number of rotatable bonds is 3. The van der Waals surface area contributed by atoms with E-state index in [-0.39, 0.29) is 24.6 Å². The van der Waals surface area contributed by atoms with Gasteiger partial charge in [0.25, 0.3) is 0 Å². The van der Waals surface area contributed by atoms with E-state index in [1.54, 1.807) is 4.57 Å². The maximum absolute atomic E-state index is 12.0. The summed E-state index contributed by atoms with van der Waals surface area (Å²) >= 11 is 0. The van der Waals surface area contributed by atoms with E-state index in [0.29, 0.717) is 5.82 Å². The van der Waals surface area contributed by atoms with Gasteiger partial charge in [0.2, 0.25) is 5.91 Å². The lowest BCUT2D eigenvalue weighted by Crippen LogP contribution is -2.42. The fourth-order valence-corrected chi connectivity index (χ4v) is 2.02. The van der Waals surface area contributed by atoms with Crippen LogP contribution in [0.4, 0.5) is 0 Å². The normalized spacial score (nSPS) is 11.8. The molecular weight excluding hydrogens is 242 g/mol. The third-order valence-electron chi connectivity index (χ3n) is 2.69. The number of hydrogen-bond donors (Lipinski definition) is 2. The average Bonchev–Trinajstić information content (AvgIpc) is 2.65. The molecule has 1 amide bonds. The Morgan fingerprint density at radius 1 is 1.37 bits per heavy atom. The van der Waals surface area contributed by atoms with Gasteiger partial charge in [0.1, 0.15) is 19.0 Å². The van der Waals surface area contributed by atoms with Crippen LogP contribution in [-0.4, -0.2) is 26.1 Å². The van der Waals surface area contributed by atoms with Crippen LogP contribution in [0.5, 0.6) is 0 Å². The molecule has 5 nitrogen and oxygen atoms in total. The van der Waals surface area contributed by atoms with Gasteiger partial charge in [-0.1, -0.05) is 12.1 Å². The third-order valence-corrected chi connectivity index (χ3v) is 2.69. The molecule has 2 N–H and O–H groups in total. The van der Waals surface area contributed by atoms with Gasteiger partial charge in [-0.3, -0.25) is 4.79 Å². The highest BCUT2D eigenvalue weighted by molar-refractivity contribution is 5.81. The number of amides is 1. The lowest BCUT2D eigenvalue weighted by Gasteiger charge is -2.21. The van der Waals surface area contributed by atoms with Crippen molar-refractivity contribution in [3.05, 3.63) is 30.1 Å². The van der Waals surface area contributed by atoms with Gasteiger partial charge in [-0.15, -0.1) is 0 Å². The Kier molecular flexibility index (Phi) is 3.57. The Labute approximate surface area is 112 Å². The molecule has 102 valence electrons. The number of nitrogens with zero attached hydrogens (tertiary/aromatic N) is 2. The number of fused-ring (bicyclic) bond motifs is 1. The summed E-state index contributed by atoms with van der Waals surface area (Å²) in [5, 5.41) is 12.3. The highest BCUT2D eigenvalue weighted by Gasteiger charge is 2.17. The molecule has 1 aromatic carbocycles. The first kappa shape index (κ1) is 13.5. The van der Waals surface area contributed by atoms with Crippen molar-refractivity contribution < 1.29 is 9.90 Å². The van der Waals surface area contributed by atoms with E-state index in [0.717, 1.165) is 11.0 Å². The number of nitrogens with one attached hydrogen (secondary N) is 1. The molecular formula is C14H19N3O2. The number of benzene rings is 1. The van der Waals surface area contributed by atoms with Crippen LogP contribution in [-0.2, 0) is 17.9 Å². The van der Waals surface area contributed by atoms with Gasteiger partial charge in [0, 0.05) is 5.54 Å². The van der Waals surface area contributed by atoms with Crippen LogP contribution < -0.4 is 5.32 Å². The fourth-order valence-electron chi connectivity index (χ4n) is 2.02. The predicted octanol–water partition coefficient (Wildman–Crippen LogP) is 1.44. The van der Waals surface area contributed by atoms with Crippen molar-refractivity contribution in [3.63, 3.8) is 0 Å². The Morgan fingerprint density at radius 2 is 2.05 bits per heavy atom. The summed E-state index contributed by atoms with van der Waals surface area (Å²) in [6.07, 6.45) is 0. The van der Waals surface area contributed by atoms with Crippen LogP contribution in [0.1, 0.15) is 26.6 Å². The summed E-state index contributed by atoms with van der Waals surface area (Å²) in [7, 11) is 0. The molecule has 0 aliphatic rings. The number of imidazole rings is 1. The number of aliphatic hydroxyl groups is 1. The minimum Gasteiger partial charge on any atom is -0.388 e. The first-order chi connectivity index (χ1) is 8.90. The molecule has 0 bridgehead atoms. The molecule has 0 aliphatic heterocycles. The van der Waals surface area contributed by atoms with Crippen LogP contribution in [0, 0.1) is 0 Å². The van der Waals surface area contributed by atoms with Gasteiger partial charge < -0.3 is 15.0 Å². The molecule has 2 rings (SSSR count). The maximum atomic E-state index is 12.0. The molecule has 0 saturated carbocycles. The Hall–Kier alpha value is -1.88. The lowest BCUT2D eigenvalue weighted by molar-refractivity contribution is -0.123. The van der Waals surface area contributed by atoms with Crippen LogP contribution in [0.15, 0.2) is 24.3 Å². The Bertz CT molecular complexity index is 596. The van der Waals surface area contributed by atoms with E-state index < -0.39 is 0 Å². The van der Waals surface area contributed by atoms with Crippen molar-refractivity contribution in [2.75, 3.05) is 0 Å². The zero-order chi connectivity index (χ0) is 14.0. The monoisotopic (exact) mass is 261 g/mol. The van der Waals surface area contributed by atoms with Crippen LogP contribution in [0.25, 0.3) is 11.0 Å². The summed E-state index contributed by atoms with van der Waals surface area (Å²) in [5.74, 6) is 0.413. The second kappa shape index (κ2) is 5.01. The molecule has 1 heterocycles. The highest BCUT2D eigenvalue weighted by atomic mass is 16.3. The summed E-state index contributed by atoms with van der Waals surface area (Å²) < 4.78 is 1.75. The van der Waals surface area contributed by atoms with E-state index in [1.807, 2.05) is 45.0 Å². The first-order valence-corrected chi connectivity index (χ1v) is 6.27. The van der Waals surface area contributed by atoms with E-state index in [1.165, 1.54) is 0 Å². The van der Waals surface area contributed by atoms with E-state index >= 15 is 0 Å². The van der Waals surface area contributed by atoms with Crippen molar-refractivity contribution in [2.24, 2.45) is 0 Å². The van der Waals surface area contributed by atoms with Gasteiger partial charge in [-0.25, -0.2) is 4.98 Å². The lowest BCUT2D eigenvalue weighted by atomic mass is 10.1. The molecule has 5 heteroatoms. The molecule has 0 unspecified atom stereocenters. The molecule has 0 aliphatic carbocycles. The van der Waals surface area contributed by atoms with Crippen molar-refractivity contribution in [1.29, 1.82) is 0 Å². The van der Waals surface area contributed by atoms with Gasteiger partial charge in [-0.05, 0) is 32.9 Å². The molecule has 0 fully saturated rings. The molecule has 1 aromatic heterocycles. The molecule has 0 radical (unpaired) electrons. The minimum atomic E-state index is -0.271. The van der Waals surface area contributed by atoms with Crippen LogP contribution >= 0.6 is 0 Å². The molecule has 0 atom stereocenters. The summed E-state index contributed by atoms with van der Waals surface area (Å²) in [6.45, 7) is 5.78. The predicted molar refractivity (Wildman–Crippen MR) is 73.6 cm³/mol.